The number of rotatable bonds is 5. The Morgan fingerprint density at radius 2 is 2.00 bits per heavy atom. The number of hydrogen-bond acceptors (Lipinski definition) is 5. The van der Waals surface area contributed by atoms with Crippen LogP contribution in [0.2, 0.25) is 0 Å². The van der Waals surface area contributed by atoms with Gasteiger partial charge in [0, 0.05) is 43.6 Å². The molecule has 142 valence electrons. The molecule has 1 saturated carbocycles. The van der Waals surface area contributed by atoms with E-state index in [2.05, 4.69) is 15.5 Å². The molecular formula is C20H24N4O3. The van der Waals surface area contributed by atoms with Crippen molar-refractivity contribution in [3.8, 4) is 0 Å². The van der Waals surface area contributed by atoms with E-state index in [1.807, 2.05) is 4.90 Å². The minimum atomic E-state index is -0.126. The average molecular weight is 368 g/mol. The van der Waals surface area contributed by atoms with E-state index in [-0.39, 0.29) is 11.8 Å². The molecule has 1 aromatic heterocycles. The molecule has 2 fully saturated rings. The van der Waals surface area contributed by atoms with Crippen molar-refractivity contribution in [1.82, 2.24) is 15.0 Å². The van der Waals surface area contributed by atoms with E-state index >= 15 is 0 Å². The molecule has 2 amide bonds. The van der Waals surface area contributed by atoms with E-state index in [4.69, 9.17) is 4.52 Å². The van der Waals surface area contributed by atoms with Gasteiger partial charge in [-0.2, -0.15) is 4.98 Å². The first-order valence-electron chi connectivity index (χ1n) is 9.58. The van der Waals surface area contributed by atoms with Gasteiger partial charge in [0.25, 0.3) is 5.91 Å². The Bertz CT molecular complexity index is 826. The maximum absolute atomic E-state index is 12.8. The number of carbonyl (C=O) groups excluding carboxylic acids is 2. The number of carbonyl (C=O) groups is 2. The van der Waals surface area contributed by atoms with E-state index in [0.717, 1.165) is 44.5 Å². The van der Waals surface area contributed by atoms with Crippen LogP contribution in [0.15, 0.2) is 28.8 Å². The SMILES string of the molecule is CC(=O)Nc1ccc(C(=O)N2CCC[C@@H](Cc3nc(C4CC4)no3)C2)cc1. The number of anilines is 1. The predicted octanol–water partition coefficient (Wildman–Crippen LogP) is 3.00. The number of piperidine rings is 1. The number of likely N-dealkylation sites (tertiary alicyclic amines) is 1. The second kappa shape index (κ2) is 7.50. The summed E-state index contributed by atoms with van der Waals surface area (Å²) in [7, 11) is 0. The van der Waals surface area contributed by atoms with Crippen molar-refractivity contribution in [2.45, 2.75) is 44.9 Å². The van der Waals surface area contributed by atoms with E-state index in [1.54, 1.807) is 24.3 Å². The average Bonchev–Trinajstić information content (AvgIpc) is 3.41. The first-order valence-corrected chi connectivity index (χ1v) is 9.58. The molecule has 2 heterocycles. The second-order valence-electron chi connectivity index (χ2n) is 7.54. The molecule has 7 heteroatoms. The number of amides is 2. The molecule has 27 heavy (non-hydrogen) atoms. The molecule has 4 rings (SSSR count). The van der Waals surface area contributed by atoms with Crippen LogP contribution in [0.5, 0.6) is 0 Å². The molecule has 1 aromatic carbocycles. The number of aromatic nitrogens is 2. The largest absolute Gasteiger partial charge is 0.339 e. The van der Waals surface area contributed by atoms with Crippen molar-refractivity contribution in [1.29, 1.82) is 0 Å². The summed E-state index contributed by atoms with van der Waals surface area (Å²) in [6, 6.07) is 7.04. The Morgan fingerprint density at radius 3 is 2.70 bits per heavy atom. The van der Waals surface area contributed by atoms with Crippen LogP contribution < -0.4 is 5.32 Å². The highest BCUT2D eigenvalue weighted by Gasteiger charge is 2.30. The molecule has 0 radical (unpaired) electrons. The summed E-state index contributed by atoms with van der Waals surface area (Å²) in [5.41, 5.74) is 1.33. The van der Waals surface area contributed by atoms with E-state index < -0.39 is 0 Å². The van der Waals surface area contributed by atoms with Crippen LogP contribution in [0.4, 0.5) is 5.69 Å². The van der Waals surface area contributed by atoms with Crippen LogP contribution in [0.1, 0.15) is 60.6 Å². The standard InChI is InChI=1S/C20H24N4O3/c1-13(25)21-17-8-6-16(7-9-17)20(26)24-10-2-3-14(12-24)11-18-22-19(23-27-18)15-4-5-15/h6-9,14-15H,2-5,10-12H2,1H3,(H,21,25)/t14-/m0/s1. The molecular weight excluding hydrogens is 344 g/mol. The lowest BCUT2D eigenvalue weighted by Gasteiger charge is -2.32. The Hall–Kier alpha value is -2.70. The molecule has 2 aromatic rings. The lowest BCUT2D eigenvalue weighted by Crippen LogP contribution is -2.40. The maximum Gasteiger partial charge on any atom is 0.253 e. The zero-order valence-corrected chi connectivity index (χ0v) is 15.5. The fraction of sp³-hybridized carbons (Fsp3) is 0.500. The van der Waals surface area contributed by atoms with Crippen molar-refractivity contribution < 1.29 is 14.1 Å². The quantitative estimate of drug-likeness (QED) is 0.876. The molecule has 0 spiro atoms. The Morgan fingerprint density at radius 1 is 1.22 bits per heavy atom. The third kappa shape index (κ3) is 4.35. The topological polar surface area (TPSA) is 88.3 Å². The van der Waals surface area contributed by atoms with Gasteiger partial charge in [0.2, 0.25) is 11.8 Å². The number of benzene rings is 1. The normalized spacial score (nSPS) is 19.7. The summed E-state index contributed by atoms with van der Waals surface area (Å²) in [5, 5.41) is 6.79. The van der Waals surface area contributed by atoms with Crippen LogP contribution in [-0.4, -0.2) is 39.9 Å². The van der Waals surface area contributed by atoms with Gasteiger partial charge in [-0.25, -0.2) is 0 Å². The highest BCUT2D eigenvalue weighted by atomic mass is 16.5. The van der Waals surface area contributed by atoms with E-state index in [1.165, 1.54) is 6.92 Å². The Labute approximate surface area is 158 Å². The summed E-state index contributed by atoms with van der Waals surface area (Å²) >= 11 is 0. The molecule has 7 nitrogen and oxygen atoms in total. The first-order chi connectivity index (χ1) is 13.1. The van der Waals surface area contributed by atoms with Gasteiger partial charge in [-0.1, -0.05) is 5.16 Å². The molecule has 0 unspecified atom stereocenters. The monoisotopic (exact) mass is 368 g/mol. The molecule has 1 aliphatic carbocycles. The van der Waals surface area contributed by atoms with Crippen LogP contribution in [0.3, 0.4) is 0 Å². The lowest BCUT2D eigenvalue weighted by atomic mass is 9.94. The zero-order chi connectivity index (χ0) is 18.8. The van der Waals surface area contributed by atoms with Gasteiger partial charge in [0.1, 0.15) is 0 Å². The second-order valence-corrected chi connectivity index (χ2v) is 7.54. The number of nitrogens with zero attached hydrogens (tertiary/aromatic N) is 3. The maximum atomic E-state index is 12.8. The third-order valence-corrected chi connectivity index (χ3v) is 5.15. The van der Waals surface area contributed by atoms with Crippen molar-refractivity contribution in [3.63, 3.8) is 0 Å². The highest BCUT2D eigenvalue weighted by Crippen LogP contribution is 2.38. The zero-order valence-electron chi connectivity index (χ0n) is 15.5. The molecule has 1 N–H and O–H groups in total. The highest BCUT2D eigenvalue weighted by molar-refractivity contribution is 5.95. The van der Waals surface area contributed by atoms with Crippen LogP contribution in [0, 0.1) is 5.92 Å². The van der Waals surface area contributed by atoms with Crippen LogP contribution >= 0.6 is 0 Å². The van der Waals surface area contributed by atoms with Crippen molar-refractivity contribution in [2.24, 2.45) is 5.92 Å². The Kier molecular flexibility index (Phi) is 4.92. The van der Waals surface area contributed by atoms with Gasteiger partial charge in [0.05, 0.1) is 0 Å². The van der Waals surface area contributed by atoms with Gasteiger partial charge >= 0.3 is 0 Å². The minimum Gasteiger partial charge on any atom is -0.339 e. The van der Waals surface area contributed by atoms with Crippen molar-refractivity contribution in [3.05, 3.63) is 41.5 Å². The van der Waals surface area contributed by atoms with Gasteiger partial charge in [-0.3, -0.25) is 9.59 Å². The van der Waals surface area contributed by atoms with Gasteiger partial charge in [-0.05, 0) is 55.9 Å². The molecule has 1 atom stereocenters. The molecule has 0 bridgehead atoms. The summed E-state index contributed by atoms with van der Waals surface area (Å²) in [4.78, 5) is 30.3. The third-order valence-electron chi connectivity index (χ3n) is 5.15. The van der Waals surface area contributed by atoms with Crippen LogP contribution in [-0.2, 0) is 11.2 Å². The van der Waals surface area contributed by atoms with Crippen molar-refractivity contribution >= 4 is 17.5 Å². The van der Waals surface area contributed by atoms with Gasteiger partial charge < -0.3 is 14.7 Å². The number of nitrogens with one attached hydrogen (secondary N) is 1. The summed E-state index contributed by atoms with van der Waals surface area (Å²) in [6.07, 6.45) is 5.08. The minimum absolute atomic E-state index is 0.0262. The Balaban J connectivity index is 1.36. The summed E-state index contributed by atoms with van der Waals surface area (Å²) in [6.45, 7) is 2.93. The molecule has 2 aliphatic rings. The smallest absolute Gasteiger partial charge is 0.253 e. The fourth-order valence-electron chi connectivity index (χ4n) is 3.60. The van der Waals surface area contributed by atoms with Crippen LogP contribution in [0.25, 0.3) is 0 Å². The summed E-state index contributed by atoms with van der Waals surface area (Å²) < 4.78 is 5.39. The predicted molar refractivity (Wildman–Crippen MR) is 99.4 cm³/mol. The number of hydrogen-bond donors (Lipinski definition) is 1. The fourth-order valence-corrected chi connectivity index (χ4v) is 3.60. The first kappa shape index (κ1) is 17.7. The van der Waals surface area contributed by atoms with Gasteiger partial charge in [-0.15, -0.1) is 0 Å². The molecule has 1 saturated heterocycles. The van der Waals surface area contributed by atoms with E-state index in [0.29, 0.717) is 35.5 Å². The lowest BCUT2D eigenvalue weighted by molar-refractivity contribution is -0.114. The molecule has 1 aliphatic heterocycles. The van der Waals surface area contributed by atoms with E-state index in [9.17, 15) is 9.59 Å². The van der Waals surface area contributed by atoms with Gasteiger partial charge in [0.15, 0.2) is 5.82 Å². The summed E-state index contributed by atoms with van der Waals surface area (Å²) in [5.74, 6) is 2.27. The van der Waals surface area contributed by atoms with Crippen molar-refractivity contribution in [2.75, 3.05) is 18.4 Å².